The number of nitrogen functional groups attached to an aromatic ring is 1. The third-order valence-corrected chi connectivity index (χ3v) is 2.91. The number of aromatic nitrogens is 1. The van der Waals surface area contributed by atoms with Crippen molar-refractivity contribution in [2.75, 3.05) is 12.8 Å². The van der Waals surface area contributed by atoms with Crippen LogP contribution in [0.4, 0.5) is 5.69 Å². The minimum atomic E-state index is -0.409. The van der Waals surface area contributed by atoms with Gasteiger partial charge >= 0.3 is 5.97 Å². The number of hydrogen-bond donors (Lipinski definition) is 1. The Kier molecular flexibility index (Phi) is 4.20. The molecule has 0 unspecified atom stereocenters. The lowest BCUT2D eigenvalue weighted by molar-refractivity contribution is 0.0600. The van der Waals surface area contributed by atoms with Gasteiger partial charge in [0.05, 0.1) is 24.1 Å². The lowest BCUT2D eigenvalue weighted by Gasteiger charge is -2.10. The average molecular weight is 272 g/mol. The monoisotopic (exact) mass is 272 g/mol. The number of methoxy groups -OCH3 is 1. The van der Waals surface area contributed by atoms with Crippen LogP contribution in [-0.4, -0.2) is 18.1 Å². The number of anilines is 1. The lowest BCUT2D eigenvalue weighted by Crippen LogP contribution is -2.05. The van der Waals surface area contributed by atoms with E-state index < -0.39 is 5.97 Å². The van der Waals surface area contributed by atoms with Crippen molar-refractivity contribution >= 4 is 11.7 Å². The van der Waals surface area contributed by atoms with Gasteiger partial charge in [0.1, 0.15) is 12.4 Å². The van der Waals surface area contributed by atoms with Crippen molar-refractivity contribution in [3.05, 3.63) is 53.3 Å². The van der Waals surface area contributed by atoms with Gasteiger partial charge in [-0.15, -0.1) is 0 Å². The zero-order valence-electron chi connectivity index (χ0n) is 11.4. The Morgan fingerprint density at radius 1 is 1.30 bits per heavy atom. The molecule has 0 radical (unpaired) electrons. The van der Waals surface area contributed by atoms with Gasteiger partial charge in [-0.05, 0) is 30.7 Å². The molecular weight excluding hydrogens is 256 g/mol. The molecule has 0 bridgehead atoms. The Morgan fingerprint density at radius 2 is 2.10 bits per heavy atom. The van der Waals surface area contributed by atoms with Crippen LogP contribution in [0.2, 0.25) is 0 Å². The molecule has 5 nitrogen and oxygen atoms in total. The third-order valence-electron chi connectivity index (χ3n) is 2.91. The van der Waals surface area contributed by atoms with Crippen molar-refractivity contribution in [2.45, 2.75) is 13.5 Å². The Balaban J connectivity index is 2.04. The Labute approximate surface area is 117 Å². The largest absolute Gasteiger partial charge is 0.485 e. The number of esters is 1. The van der Waals surface area contributed by atoms with Gasteiger partial charge in [0.25, 0.3) is 0 Å². The zero-order chi connectivity index (χ0) is 14.5. The summed E-state index contributed by atoms with van der Waals surface area (Å²) in [7, 11) is 1.33. The smallest absolute Gasteiger partial charge is 0.339 e. The standard InChI is InChI=1S/C15H16N2O3/c1-10-4-3-5-13(14(10)16)20-9-12-7-6-11(8-17-12)15(18)19-2/h3-8H,9,16H2,1-2H3. The summed E-state index contributed by atoms with van der Waals surface area (Å²) < 4.78 is 10.2. The number of pyridine rings is 1. The summed E-state index contributed by atoms with van der Waals surface area (Å²) in [5, 5.41) is 0. The maximum Gasteiger partial charge on any atom is 0.339 e. The van der Waals surface area contributed by atoms with Crippen molar-refractivity contribution in [3.8, 4) is 5.75 Å². The van der Waals surface area contributed by atoms with Gasteiger partial charge in [-0.3, -0.25) is 4.98 Å². The maximum atomic E-state index is 11.3. The molecule has 104 valence electrons. The first-order valence-corrected chi connectivity index (χ1v) is 6.13. The third kappa shape index (κ3) is 3.06. The van der Waals surface area contributed by atoms with E-state index in [-0.39, 0.29) is 6.61 Å². The van der Waals surface area contributed by atoms with Crippen LogP contribution in [0.3, 0.4) is 0 Å². The SMILES string of the molecule is COC(=O)c1ccc(COc2cccc(C)c2N)nc1. The summed E-state index contributed by atoms with van der Waals surface area (Å²) in [5.74, 6) is 0.219. The number of para-hydroxylation sites is 1. The Morgan fingerprint density at radius 3 is 2.75 bits per heavy atom. The highest BCUT2D eigenvalue weighted by Crippen LogP contribution is 2.24. The minimum Gasteiger partial charge on any atom is -0.485 e. The number of aryl methyl sites for hydroxylation is 1. The summed E-state index contributed by atoms with van der Waals surface area (Å²) >= 11 is 0. The quantitative estimate of drug-likeness (QED) is 0.683. The van der Waals surface area contributed by atoms with Crippen LogP contribution in [0, 0.1) is 6.92 Å². The molecule has 0 saturated heterocycles. The highest BCUT2D eigenvalue weighted by atomic mass is 16.5. The molecule has 0 fully saturated rings. The van der Waals surface area contributed by atoms with E-state index in [1.54, 1.807) is 12.1 Å². The molecule has 0 aliphatic heterocycles. The predicted octanol–water partition coefficient (Wildman–Crippen LogP) is 2.34. The molecule has 5 heteroatoms. The van der Waals surface area contributed by atoms with E-state index in [0.717, 1.165) is 5.56 Å². The van der Waals surface area contributed by atoms with Crippen LogP contribution >= 0.6 is 0 Å². The first-order valence-electron chi connectivity index (χ1n) is 6.13. The number of carbonyl (C=O) groups excluding carboxylic acids is 1. The predicted molar refractivity (Wildman–Crippen MR) is 75.5 cm³/mol. The second kappa shape index (κ2) is 6.06. The van der Waals surface area contributed by atoms with Crippen molar-refractivity contribution in [3.63, 3.8) is 0 Å². The van der Waals surface area contributed by atoms with E-state index in [2.05, 4.69) is 9.72 Å². The molecule has 1 aromatic heterocycles. The summed E-state index contributed by atoms with van der Waals surface area (Å²) in [6.07, 6.45) is 1.46. The molecule has 0 aliphatic rings. The summed E-state index contributed by atoms with van der Waals surface area (Å²) in [4.78, 5) is 15.4. The fraction of sp³-hybridized carbons (Fsp3) is 0.200. The van der Waals surface area contributed by atoms with Crippen LogP contribution in [0.15, 0.2) is 36.5 Å². The summed E-state index contributed by atoms with van der Waals surface area (Å²) in [6.45, 7) is 2.21. The van der Waals surface area contributed by atoms with E-state index >= 15 is 0 Å². The number of rotatable bonds is 4. The molecule has 0 aliphatic carbocycles. The molecule has 0 saturated carbocycles. The van der Waals surface area contributed by atoms with E-state index in [9.17, 15) is 4.79 Å². The van der Waals surface area contributed by atoms with Crippen molar-refractivity contribution < 1.29 is 14.3 Å². The van der Waals surface area contributed by atoms with Crippen molar-refractivity contribution in [1.29, 1.82) is 0 Å². The van der Waals surface area contributed by atoms with E-state index in [1.165, 1.54) is 13.3 Å². The number of hydrogen-bond acceptors (Lipinski definition) is 5. The Hall–Kier alpha value is -2.56. The van der Waals surface area contributed by atoms with Crippen molar-refractivity contribution in [1.82, 2.24) is 4.98 Å². The van der Waals surface area contributed by atoms with E-state index in [1.807, 2.05) is 25.1 Å². The Bertz CT molecular complexity index is 609. The van der Waals surface area contributed by atoms with Gasteiger partial charge in [0.2, 0.25) is 0 Å². The molecule has 0 spiro atoms. The minimum absolute atomic E-state index is 0.287. The molecule has 0 atom stereocenters. The van der Waals surface area contributed by atoms with Crippen LogP contribution in [0.1, 0.15) is 21.6 Å². The fourth-order valence-electron chi connectivity index (χ4n) is 1.68. The lowest BCUT2D eigenvalue weighted by atomic mass is 10.2. The number of benzene rings is 1. The van der Waals surface area contributed by atoms with Gasteiger partial charge in [-0.25, -0.2) is 4.79 Å². The first kappa shape index (κ1) is 13.9. The molecule has 1 aromatic carbocycles. The topological polar surface area (TPSA) is 74.4 Å². The molecule has 2 rings (SSSR count). The first-order chi connectivity index (χ1) is 9.61. The normalized spacial score (nSPS) is 10.1. The second-order valence-corrected chi connectivity index (χ2v) is 4.31. The fourth-order valence-corrected chi connectivity index (χ4v) is 1.68. The second-order valence-electron chi connectivity index (χ2n) is 4.31. The molecule has 0 amide bonds. The van der Waals surface area contributed by atoms with Gasteiger partial charge in [0, 0.05) is 6.20 Å². The van der Waals surface area contributed by atoms with Crippen LogP contribution in [0.5, 0.6) is 5.75 Å². The van der Waals surface area contributed by atoms with Crippen LogP contribution in [0.25, 0.3) is 0 Å². The number of nitrogens with zero attached hydrogens (tertiary/aromatic N) is 1. The molecular formula is C15H16N2O3. The van der Waals surface area contributed by atoms with Crippen LogP contribution < -0.4 is 10.5 Å². The maximum absolute atomic E-state index is 11.3. The molecule has 2 N–H and O–H groups in total. The summed E-state index contributed by atoms with van der Waals surface area (Å²) in [5.41, 5.74) is 8.63. The van der Waals surface area contributed by atoms with E-state index in [4.69, 9.17) is 10.5 Å². The number of ether oxygens (including phenoxy) is 2. The van der Waals surface area contributed by atoms with Gasteiger partial charge in [-0.2, -0.15) is 0 Å². The molecule has 20 heavy (non-hydrogen) atoms. The van der Waals surface area contributed by atoms with Crippen molar-refractivity contribution in [2.24, 2.45) is 0 Å². The molecule has 2 aromatic rings. The van der Waals surface area contributed by atoms with Gasteiger partial charge in [0.15, 0.2) is 0 Å². The molecule has 1 heterocycles. The zero-order valence-corrected chi connectivity index (χ0v) is 11.4. The van der Waals surface area contributed by atoms with Gasteiger partial charge < -0.3 is 15.2 Å². The van der Waals surface area contributed by atoms with E-state index in [0.29, 0.717) is 22.7 Å². The number of carbonyl (C=O) groups is 1. The number of nitrogens with two attached hydrogens (primary N) is 1. The highest BCUT2D eigenvalue weighted by Gasteiger charge is 2.07. The summed E-state index contributed by atoms with van der Waals surface area (Å²) in [6, 6.07) is 8.99. The average Bonchev–Trinajstić information content (AvgIpc) is 2.48. The van der Waals surface area contributed by atoms with Crippen LogP contribution in [-0.2, 0) is 11.3 Å². The highest BCUT2D eigenvalue weighted by molar-refractivity contribution is 5.88. The van der Waals surface area contributed by atoms with Gasteiger partial charge in [-0.1, -0.05) is 12.1 Å².